The van der Waals surface area contributed by atoms with Gasteiger partial charge in [0.25, 0.3) is 0 Å². The summed E-state index contributed by atoms with van der Waals surface area (Å²) in [7, 11) is 0. The van der Waals surface area contributed by atoms with E-state index >= 15 is 0 Å². The highest BCUT2D eigenvalue weighted by atomic mass is 16.2. The van der Waals surface area contributed by atoms with Gasteiger partial charge in [-0.1, -0.05) is 25.5 Å². The minimum absolute atomic E-state index is 0.0289. The third-order valence-electron chi connectivity index (χ3n) is 2.60. The molecular weight excluding hydrogens is 218 g/mol. The molecule has 1 rings (SSSR count). The summed E-state index contributed by atoms with van der Waals surface area (Å²) >= 11 is 0. The van der Waals surface area contributed by atoms with Crippen molar-refractivity contribution in [1.82, 2.24) is 20.3 Å². The largest absolute Gasteiger partial charge is 0.352 e. The first kappa shape index (κ1) is 13.6. The van der Waals surface area contributed by atoms with E-state index in [4.69, 9.17) is 5.73 Å². The van der Waals surface area contributed by atoms with Crippen LogP contribution in [0.25, 0.3) is 0 Å². The Labute approximate surface area is 102 Å². The van der Waals surface area contributed by atoms with Crippen molar-refractivity contribution < 1.29 is 4.79 Å². The Morgan fingerprint density at radius 2 is 2.35 bits per heavy atom. The van der Waals surface area contributed by atoms with Gasteiger partial charge in [-0.15, -0.1) is 5.10 Å². The number of nitrogens with zero attached hydrogens (tertiary/aromatic N) is 3. The summed E-state index contributed by atoms with van der Waals surface area (Å²) in [6.07, 6.45) is 4.72. The number of rotatable bonds is 7. The fraction of sp³-hybridized carbons (Fsp3) is 0.727. The van der Waals surface area contributed by atoms with E-state index in [1.165, 1.54) is 4.68 Å². The number of carbonyl (C=O) groups is 1. The molecule has 0 spiro atoms. The molecule has 0 aliphatic rings. The normalized spacial score (nSPS) is 12.4. The van der Waals surface area contributed by atoms with Crippen LogP contribution in [0.5, 0.6) is 0 Å². The number of hydrogen-bond donors (Lipinski definition) is 2. The minimum Gasteiger partial charge on any atom is -0.352 e. The van der Waals surface area contributed by atoms with Gasteiger partial charge in [-0.25, -0.2) is 4.68 Å². The summed E-state index contributed by atoms with van der Waals surface area (Å²) in [5, 5.41) is 10.6. The second-order valence-corrected chi connectivity index (χ2v) is 4.07. The maximum atomic E-state index is 11.7. The Hall–Kier alpha value is -1.43. The van der Waals surface area contributed by atoms with Crippen LogP contribution in [0.1, 0.15) is 38.8 Å². The van der Waals surface area contributed by atoms with E-state index in [9.17, 15) is 4.79 Å². The molecule has 0 aromatic carbocycles. The molecule has 0 saturated heterocycles. The lowest BCUT2D eigenvalue weighted by Gasteiger charge is -2.15. The maximum absolute atomic E-state index is 11.7. The van der Waals surface area contributed by atoms with Crippen molar-refractivity contribution in [3.8, 4) is 0 Å². The van der Waals surface area contributed by atoms with Gasteiger partial charge >= 0.3 is 0 Å². The highest BCUT2D eigenvalue weighted by Crippen LogP contribution is 2.01. The SMILES string of the molecule is CCCC(CC)NC(=O)Cn1cc(CN)nn1. The molecule has 0 fully saturated rings. The standard InChI is InChI=1S/C11H21N5O/c1-3-5-9(4-2)13-11(17)8-16-7-10(6-12)14-15-16/h7,9H,3-6,8,12H2,1-2H3,(H,13,17). The summed E-state index contributed by atoms with van der Waals surface area (Å²) in [4.78, 5) is 11.7. The average molecular weight is 239 g/mol. The van der Waals surface area contributed by atoms with E-state index in [0.717, 1.165) is 19.3 Å². The average Bonchev–Trinajstić information content (AvgIpc) is 2.76. The molecule has 1 aromatic rings. The van der Waals surface area contributed by atoms with Crippen LogP contribution in [-0.4, -0.2) is 26.9 Å². The zero-order valence-electron chi connectivity index (χ0n) is 10.5. The predicted molar refractivity (Wildman–Crippen MR) is 65.0 cm³/mol. The number of nitrogens with one attached hydrogen (secondary N) is 1. The van der Waals surface area contributed by atoms with E-state index in [1.807, 2.05) is 0 Å². The summed E-state index contributed by atoms with van der Waals surface area (Å²) in [5.41, 5.74) is 6.11. The monoisotopic (exact) mass is 239 g/mol. The molecular formula is C11H21N5O. The van der Waals surface area contributed by atoms with Gasteiger partial charge in [0.1, 0.15) is 6.54 Å². The molecule has 6 nitrogen and oxygen atoms in total. The second-order valence-electron chi connectivity index (χ2n) is 4.07. The van der Waals surface area contributed by atoms with Gasteiger partial charge in [-0.3, -0.25) is 4.79 Å². The van der Waals surface area contributed by atoms with Gasteiger partial charge < -0.3 is 11.1 Å². The van der Waals surface area contributed by atoms with E-state index in [2.05, 4.69) is 29.5 Å². The number of amides is 1. The fourth-order valence-electron chi connectivity index (χ4n) is 1.66. The van der Waals surface area contributed by atoms with Gasteiger partial charge in [0.05, 0.1) is 11.9 Å². The van der Waals surface area contributed by atoms with Crippen molar-refractivity contribution >= 4 is 5.91 Å². The van der Waals surface area contributed by atoms with Gasteiger partial charge in [0.2, 0.25) is 5.91 Å². The maximum Gasteiger partial charge on any atom is 0.242 e. The third-order valence-corrected chi connectivity index (χ3v) is 2.60. The Morgan fingerprint density at radius 3 is 2.88 bits per heavy atom. The van der Waals surface area contributed by atoms with Crippen molar-refractivity contribution in [1.29, 1.82) is 0 Å². The number of carbonyl (C=O) groups excluding carboxylic acids is 1. The van der Waals surface area contributed by atoms with Crippen molar-refractivity contribution in [2.75, 3.05) is 0 Å². The molecule has 1 aromatic heterocycles. The molecule has 1 heterocycles. The van der Waals surface area contributed by atoms with Crippen LogP contribution in [0.2, 0.25) is 0 Å². The Balaban J connectivity index is 2.42. The summed E-state index contributed by atoms with van der Waals surface area (Å²) in [6, 6.07) is 0.255. The Morgan fingerprint density at radius 1 is 1.59 bits per heavy atom. The van der Waals surface area contributed by atoms with Crippen LogP contribution in [-0.2, 0) is 17.9 Å². The van der Waals surface area contributed by atoms with Crippen molar-refractivity contribution in [3.63, 3.8) is 0 Å². The first-order valence-corrected chi connectivity index (χ1v) is 6.08. The molecule has 0 saturated carbocycles. The van der Waals surface area contributed by atoms with Crippen molar-refractivity contribution in [2.24, 2.45) is 5.73 Å². The van der Waals surface area contributed by atoms with Crippen LogP contribution in [0, 0.1) is 0 Å². The molecule has 1 unspecified atom stereocenters. The van der Waals surface area contributed by atoms with Crippen LogP contribution >= 0.6 is 0 Å². The molecule has 17 heavy (non-hydrogen) atoms. The predicted octanol–water partition coefficient (Wildman–Crippen LogP) is 0.432. The highest BCUT2D eigenvalue weighted by Gasteiger charge is 2.10. The van der Waals surface area contributed by atoms with E-state index < -0.39 is 0 Å². The fourth-order valence-corrected chi connectivity index (χ4v) is 1.66. The third kappa shape index (κ3) is 4.52. The first-order chi connectivity index (χ1) is 8.19. The zero-order valence-corrected chi connectivity index (χ0v) is 10.5. The first-order valence-electron chi connectivity index (χ1n) is 6.08. The summed E-state index contributed by atoms with van der Waals surface area (Å²) in [5.74, 6) is -0.0289. The topological polar surface area (TPSA) is 85.8 Å². The van der Waals surface area contributed by atoms with Gasteiger partial charge in [0.15, 0.2) is 0 Å². The van der Waals surface area contributed by atoms with Crippen LogP contribution < -0.4 is 11.1 Å². The smallest absolute Gasteiger partial charge is 0.242 e. The molecule has 0 bridgehead atoms. The van der Waals surface area contributed by atoms with Crippen molar-refractivity contribution in [3.05, 3.63) is 11.9 Å². The molecule has 1 amide bonds. The lowest BCUT2D eigenvalue weighted by molar-refractivity contribution is -0.122. The Bertz CT molecular complexity index is 349. The summed E-state index contributed by atoms with van der Waals surface area (Å²) < 4.78 is 1.51. The lowest BCUT2D eigenvalue weighted by atomic mass is 10.1. The molecule has 6 heteroatoms. The minimum atomic E-state index is -0.0289. The number of hydrogen-bond acceptors (Lipinski definition) is 4. The molecule has 0 radical (unpaired) electrons. The lowest BCUT2D eigenvalue weighted by Crippen LogP contribution is -2.36. The van der Waals surface area contributed by atoms with Gasteiger partial charge in [0, 0.05) is 12.6 Å². The van der Waals surface area contributed by atoms with Crippen LogP contribution in [0.15, 0.2) is 6.20 Å². The number of nitrogens with two attached hydrogens (primary N) is 1. The molecule has 0 aliphatic heterocycles. The van der Waals surface area contributed by atoms with E-state index in [1.54, 1.807) is 6.20 Å². The van der Waals surface area contributed by atoms with E-state index in [-0.39, 0.29) is 18.5 Å². The molecule has 96 valence electrons. The van der Waals surface area contributed by atoms with E-state index in [0.29, 0.717) is 12.2 Å². The van der Waals surface area contributed by atoms with Crippen LogP contribution in [0.3, 0.4) is 0 Å². The highest BCUT2D eigenvalue weighted by molar-refractivity contribution is 5.75. The molecule has 3 N–H and O–H groups in total. The second kappa shape index (κ2) is 7.01. The van der Waals surface area contributed by atoms with Crippen LogP contribution in [0.4, 0.5) is 0 Å². The quantitative estimate of drug-likeness (QED) is 0.722. The molecule has 1 atom stereocenters. The van der Waals surface area contributed by atoms with Gasteiger partial charge in [-0.05, 0) is 12.8 Å². The van der Waals surface area contributed by atoms with Crippen molar-refractivity contribution in [2.45, 2.75) is 52.2 Å². The summed E-state index contributed by atoms with van der Waals surface area (Å²) in [6.45, 7) is 4.73. The number of aromatic nitrogens is 3. The van der Waals surface area contributed by atoms with Gasteiger partial charge in [-0.2, -0.15) is 0 Å². The zero-order chi connectivity index (χ0) is 12.7. The molecule has 0 aliphatic carbocycles. The Kier molecular flexibility index (Phi) is 5.62.